The zero-order valence-corrected chi connectivity index (χ0v) is 16.5. The molecule has 1 aromatic carbocycles. The SMILES string of the molecule is CC(C)(C)OC(=O)N1CC[C@@H](CC(=O)O)C[C@@H]1NC(=O)OCc1ccccc1. The number of rotatable bonds is 5. The molecule has 1 saturated heterocycles. The van der Waals surface area contributed by atoms with Crippen LogP contribution in [0, 0.1) is 5.92 Å². The Morgan fingerprint density at radius 3 is 2.50 bits per heavy atom. The Bertz CT molecular complexity index is 686. The number of amides is 2. The number of carbonyl (C=O) groups is 3. The van der Waals surface area contributed by atoms with E-state index in [9.17, 15) is 14.4 Å². The highest BCUT2D eigenvalue weighted by atomic mass is 16.6. The molecule has 8 nitrogen and oxygen atoms in total. The van der Waals surface area contributed by atoms with Crippen LogP contribution in [0.4, 0.5) is 9.59 Å². The van der Waals surface area contributed by atoms with Crippen molar-refractivity contribution in [3.63, 3.8) is 0 Å². The molecular weight excluding hydrogens is 364 g/mol. The average Bonchev–Trinajstić information content (AvgIpc) is 2.59. The number of hydrogen-bond acceptors (Lipinski definition) is 5. The number of aliphatic carboxylic acids is 1. The Hall–Kier alpha value is -2.77. The summed E-state index contributed by atoms with van der Waals surface area (Å²) in [6.07, 6.45) is -1.06. The van der Waals surface area contributed by atoms with Gasteiger partial charge in [-0.25, -0.2) is 9.59 Å². The summed E-state index contributed by atoms with van der Waals surface area (Å²) >= 11 is 0. The Balaban J connectivity index is 2.00. The van der Waals surface area contributed by atoms with Crippen molar-refractivity contribution in [2.75, 3.05) is 6.54 Å². The first-order valence-corrected chi connectivity index (χ1v) is 9.32. The molecule has 0 radical (unpaired) electrons. The van der Waals surface area contributed by atoms with Gasteiger partial charge in [0.15, 0.2) is 0 Å². The third-order valence-electron chi connectivity index (χ3n) is 4.30. The number of carboxylic acid groups (broad SMARTS) is 1. The molecule has 2 atom stereocenters. The Labute approximate surface area is 164 Å². The maximum atomic E-state index is 12.5. The van der Waals surface area contributed by atoms with Gasteiger partial charge in [-0.2, -0.15) is 0 Å². The van der Waals surface area contributed by atoms with Crippen LogP contribution in [0.1, 0.15) is 45.6 Å². The molecule has 0 aliphatic carbocycles. The fraction of sp³-hybridized carbons (Fsp3) is 0.550. The summed E-state index contributed by atoms with van der Waals surface area (Å²) in [6.45, 7) is 5.69. The number of hydrogen-bond donors (Lipinski definition) is 2. The van der Waals surface area contributed by atoms with Crippen LogP contribution >= 0.6 is 0 Å². The van der Waals surface area contributed by atoms with E-state index in [-0.39, 0.29) is 18.9 Å². The fourth-order valence-corrected chi connectivity index (χ4v) is 3.05. The second kappa shape index (κ2) is 9.43. The van der Waals surface area contributed by atoms with E-state index in [1.165, 1.54) is 4.90 Å². The minimum Gasteiger partial charge on any atom is -0.481 e. The summed E-state index contributed by atoms with van der Waals surface area (Å²) in [6, 6.07) is 9.23. The molecule has 2 N–H and O–H groups in total. The normalized spacial score (nSPS) is 19.6. The smallest absolute Gasteiger partial charge is 0.411 e. The lowest BCUT2D eigenvalue weighted by atomic mass is 9.91. The number of ether oxygens (including phenoxy) is 2. The van der Waals surface area contributed by atoms with Crippen molar-refractivity contribution in [3.05, 3.63) is 35.9 Å². The van der Waals surface area contributed by atoms with Crippen molar-refractivity contribution in [2.24, 2.45) is 5.92 Å². The van der Waals surface area contributed by atoms with E-state index >= 15 is 0 Å². The summed E-state index contributed by atoms with van der Waals surface area (Å²) < 4.78 is 10.6. The molecule has 2 rings (SSSR count). The van der Waals surface area contributed by atoms with Gasteiger partial charge in [0.2, 0.25) is 0 Å². The molecule has 1 fully saturated rings. The lowest BCUT2D eigenvalue weighted by molar-refractivity contribution is -0.138. The van der Waals surface area contributed by atoms with Crippen LogP contribution in [0.25, 0.3) is 0 Å². The van der Waals surface area contributed by atoms with Gasteiger partial charge in [0, 0.05) is 13.0 Å². The van der Waals surface area contributed by atoms with Crippen LogP contribution < -0.4 is 5.32 Å². The molecule has 28 heavy (non-hydrogen) atoms. The highest BCUT2D eigenvalue weighted by Crippen LogP contribution is 2.26. The quantitative estimate of drug-likeness (QED) is 0.796. The third kappa shape index (κ3) is 7.09. The van der Waals surface area contributed by atoms with Crippen LogP contribution in [-0.2, 0) is 20.9 Å². The molecule has 1 aliphatic heterocycles. The number of piperidine rings is 1. The van der Waals surface area contributed by atoms with Crippen molar-refractivity contribution in [3.8, 4) is 0 Å². The van der Waals surface area contributed by atoms with Gasteiger partial charge < -0.3 is 19.9 Å². The van der Waals surface area contributed by atoms with Gasteiger partial charge in [0.25, 0.3) is 0 Å². The number of carbonyl (C=O) groups excluding carboxylic acids is 2. The Kier molecular flexibility index (Phi) is 7.25. The fourth-order valence-electron chi connectivity index (χ4n) is 3.05. The lowest BCUT2D eigenvalue weighted by Crippen LogP contribution is -2.56. The molecule has 0 spiro atoms. The molecule has 0 unspecified atom stereocenters. The molecule has 2 amide bonds. The standard InChI is InChI=1S/C20H28N2O6/c1-20(2,3)28-19(26)22-10-9-15(12-17(23)24)11-16(22)21-18(25)27-13-14-7-5-4-6-8-14/h4-8,15-16H,9-13H2,1-3H3,(H,21,25)(H,23,24)/t15-,16-/m1/s1. The van der Waals surface area contributed by atoms with Crippen molar-refractivity contribution < 1.29 is 29.0 Å². The molecule has 0 bridgehead atoms. The van der Waals surface area contributed by atoms with Crippen LogP contribution in [0.5, 0.6) is 0 Å². The number of nitrogens with zero attached hydrogens (tertiary/aromatic N) is 1. The minimum atomic E-state index is -0.902. The Morgan fingerprint density at radius 2 is 1.89 bits per heavy atom. The summed E-state index contributed by atoms with van der Waals surface area (Å²) in [5.41, 5.74) is 0.168. The first-order valence-electron chi connectivity index (χ1n) is 9.32. The van der Waals surface area contributed by atoms with Crippen LogP contribution in [0.15, 0.2) is 30.3 Å². The van der Waals surface area contributed by atoms with Crippen molar-refractivity contribution in [1.82, 2.24) is 10.2 Å². The van der Waals surface area contributed by atoms with Gasteiger partial charge in [-0.05, 0) is 45.1 Å². The highest BCUT2D eigenvalue weighted by Gasteiger charge is 2.36. The van der Waals surface area contributed by atoms with Crippen molar-refractivity contribution in [1.29, 1.82) is 0 Å². The lowest BCUT2D eigenvalue weighted by Gasteiger charge is -2.39. The van der Waals surface area contributed by atoms with E-state index in [1.54, 1.807) is 20.8 Å². The van der Waals surface area contributed by atoms with Gasteiger partial charge in [-0.15, -0.1) is 0 Å². The maximum absolute atomic E-state index is 12.5. The molecule has 0 aromatic heterocycles. The Morgan fingerprint density at radius 1 is 1.21 bits per heavy atom. The van der Waals surface area contributed by atoms with Crippen molar-refractivity contribution >= 4 is 18.2 Å². The number of benzene rings is 1. The largest absolute Gasteiger partial charge is 0.481 e. The van der Waals surface area contributed by atoms with Crippen LogP contribution in [0.2, 0.25) is 0 Å². The van der Waals surface area contributed by atoms with Crippen molar-refractivity contribution in [2.45, 2.75) is 58.4 Å². The predicted molar refractivity (Wildman–Crippen MR) is 101 cm³/mol. The zero-order chi connectivity index (χ0) is 20.7. The molecule has 0 saturated carbocycles. The van der Waals surface area contributed by atoms with Gasteiger partial charge in [0.1, 0.15) is 18.4 Å². The van der Waals surface area contributed by atoms with Gasteiger partial charge in [-0.1, -0.05) is 30.3 Å². The average molecular weight is 392 g/mol. The first kappa shape index (κ1) is 21.5. The van der Waals surface area contributed by atoms with Crippen LogP contribution in [-0.4, -0.2) is 46.5 Å². The minimum absolute atomic E-state index is 0.0145. The van der Waals surface area contributed by atoms with Gasteiger partial charge in [0.05, 0.1) is 0 Å². The third-order valence-corrected chi connectivity index (χ3v) is 4.30. The van der Waals surface area contributed by atoms with E-state index in [2.05, 4.69) is 5.32 Å². The van der Waals surface area contributed by atoms with E-state index < -0.39 is 29.9 Å². The topological polar surface area (TPSA) is 105 Å². The van der Waals surface area contributed by atoms with Gasteiger partial charge in [-0.3, -0.25) is 9.69 Å². The number of alkyl carbamates (subject to hydrolysis) is 1. The molecule has 1 heterocycles. The molecule has 1 aromatic rings. The van der Waals surface area contributed by atoms with E-state index in [0.29, 0.717) is 19.4 Å². The van der Waals surface area contributed by atoms with E-state index in [1.807, 2.05) is 30.3 Å². The summed E-state index contributed by atoms with van der Waals surface area (Å²) in [7, 11) is 0. The highest BCUT2D eigenvalue weighted by molar-refractivity contribution is 5.72. The number of likely N-dealkylation sites (tertiary alicyclic amines) is 1. The monoisotopic (exact) mass is 392 g/mol. The molecule has 8 heteroatoms. The molecule has 1 aliphatic rings. The summed E-state index contributed by atoms with van der Waals surface area (Å²) in [5, 5.41) is 11.7. The van der Waals surface area contributed by atoms with E-state index in [4.69, 9.17) is 14.6 Å². The van der Waals surface area contributed by atoms with Gasteiger partial charge >= 0.3 is 18.2 Å². The number of nitrogens with one attached hydrogen (secondary N) is 1. The molecular formula is C20H28N2O6. The van der Waals surface area contributed by atoms with Crippen LogP contribution in [0.3, 0.4) is 0 Å². The second-order valence-corrected chi connectivity index (χ2v) is 7.88. The number of carboxylic acids is 1. The summed E-state index contributed by atoms with van der Waals surface area (Å²) in [5.74, 6) is -1.04. The second-order valence-electron chi connectivity index (χ2n) is 7.88. The summed E-state index contributed by atoms with van der Waals surface area (Å²) in [4.78, 5) is 37.2. The zero-order valence-electron chi connectivity index (χ0n) is 16.5. The van der Waals surface area contributed by atoms with E-state index in [0.717, 1.165) is 5.56 Å². The first-order chi connectivity index (χ1) is 13.1. The maximum Gasteiger partial charge on any atom is 0.411 e. The predicted octanol–water partition coefficient (Wildman–Crippen LogP) is 3.36. The molecule has 154 valence electrons.